The maximum Gasteiger partial charge on any atom is 0.195 e. The minimum atomic E-state index is 0.00155. The number of nitrogens with two attached hydrogens (primary N) is 1. The smallest absolute Gasteiger partial charge is 0.195 e. The van der Waals surface area contributed by atoms with E-state index in [4.69, 9.17) is 5.73 Å². The molecule has 0 aliphatic carbocycles. The van der Waals surface area contributed by atoms with E-state index in [2.05, 4.69) is 20.9 Å². The number of anilines is 1. The zero-order chi connectivity index (χ0) is 14.3. The van der Waals surface area contributed by atoms with Crippen LogP contribution in [0.3, 0.4) is 0 Å². The summed E-state index contributed by atoms with van der Waals surface area (Å²) < 4.78 is 0.981. The molecule has 0 fully saturated rings. The lowest BCUT2D eigenvalue weighted by Gasteiger charge is -2.04. The highest BCUT2D eigenvalue weighted by Crippen LogP contribution is 2.25. The second-order valence-electron chi connectivity index (χ2n) is 4.79. The van der Waals surface area contributed by atoms with Crippen LogP contribution >= 0.6 is 15.9 Å². The molecular formula is C16H13BrN2O. The number of benzene rings is 2. The van der Waals surface area contributed by atoms with Gasteiger partial charge in [0.25, 0.3) is 0 Å². The number of rotatable bonds is 2. The van der Waals surface area contributed by atoms with E-state index in [0.717, 1.165) is 20.9 Å². The molecule has 0 saturated carbocycles. The summed E-state index contributed by atoms with van der Waals surface area (Å²) in [4.78, 5) is 15.7. The van der Waals surface area contributed by atoms with Crippen LogP contribution < -0.4 is 5.73 Å². The minimum absolute atomic E-state index is 0.00155. The fourth-order valence-corrected chi connectivity index (χ4v) is 2.62. The Bertz CT molecular complexity index is 820. The zero-order valence-corrected chi connectivity index (χ0v) is 12.5. The molecule has 0 spiro atoms. The average Bonchev–Trinajstić information content (AvgIpc) is 2.84. The second kappa shape index (κ2) is 4.80. The standard InChI is InChI=1S/C16H13BrN2O/c1-9-6-10(2-5-14(9)18)16(20)13-8-19-15-7-11(17)3-4-12(13)15/h2-8,19H,18H2,1H3. The van der Waals surface area contributed by atoms with Crippen LogP contribution in [0.5, 0.6) is 0 Å². The summed E-state index contributed by atoms with van der Waals surface area (Å²) in [5, 5.41) is 0.924. The van der Waals surface area contributed by atoms with Gasteiger partial charge in [-0.3, -0.25) is 4.79 Å². The van der Waals surface area contributed by atoms with Crippen molar-refractivity contribution >= 4 is 38.3 Å². The third-order valence-electron chi connectivity index (χ3n) is 3.42. The topological polar surface area (TPSA) is 58.9 Å². The van der Waals surface area contributed by atoms with Gasteiger partial charge in [0.15, 0.2) is 5.78 Å². The molecule has 2 aromatic carbocycles. The van der Waals surface area contributed by atoms with Crippen LogP contribution in [0.25, 0.3) is 10.9 Å². The Labute approximate surface area is 124 Å². The Morgan fingerprint density at radius 3 is 2.75 bits per heavy atom. The van der Waals surface area contributed by atoms with E-state index in [9.17, 15) is 4.79 Å². The van der Waals surface area contributed by atoms with Gasteiger partial charge >= 0.3 is 0 Å². The van der Waals surface area contributed by atoms with Crippen LogP contribution in [-0.2, 0) is 0 Å². The van der Waals surface area contributed by atoms with Crippen molar-refractivity contribution in [3.05, 3.63) is 63.8 Å². The number of ketones is 1. The fraction of sp³-hybridized carbons (Fsp3) is 0.0625. The van der Waals surface area contributed by atoms with Crippen molar-refractivity contribution in [3.63, 3.8) is 0 Å². The monoisotopic (exact) mass is 328 g/mol. The zero-order valence-electron chi connectivity index (χ0n) is 10.9. The van der Waals surface area contributed by atoms with Crippen molar-refractivity contribution in [3.8, 4) is 0 Å². The maximum atomic E-state index is 12.6. The van der Waals surface area contributed by atoms with Gasteiger partial charge in [0, 0.05) is 38.4 Å². The van der Waals surface area contributed by atoms with E-state index in [1.807, 2.05) is 31.2 Å². The van der Waals surface area contributed by atoms with Crippen LogP contribution in [0.4, 0.5) is 5.69 Å². The molecule has 4 heteroatoms. The lowest BCUT2D eigenvalue weighted by atomic mass is 10.0. The van der Waals surface area contributed by atoms with E-state index in [1.54, 1.807) is 18.3 Å². The molecule has 0 saturated heterocycles. The molecular weight excluding hydrogens is 316 g/mol. The van der Waals surface area contributed by atoms with Gasteiger partial charge in [0.05, 0.1) is 0 Å². The summed E-state index contributed by atoms with van der Waals surface area (Å²) in [6.45, 7) is 1.90. The molecule has 0 aliphatic rings. The number of H-pyrrole nitrogens is 1. The van der Waals surface area contributed by atoms with Gasteiger partial charge in [-0.2, -0.15) is 0 Å². The van der Waals surface area contributed by atoms with Crippen LogP contribution in [0.15, 0.2) is 47.1 Å². The number of fused-ring (bicyclic) bond motifs is 1. The van der Waals surface area contributed by atoms with Crippen molar-refractivity contribution in [1.29, 1.82) is 0 Å². The minimum Gasteiger partial charge on any atom is -0.399 e. The van der Waals surface area contributed by atoms with Gasteiger partial charge < -0.3 is 10.7 Å². The van der Waals surface area contributed by atoms with Gasteiger partial charge in [-0.15, -0.1) is 0 Å². The highest BCUT2D eigenvalue weighted by Gasteiger charge is 2.14. The molecule has 1 heterocycles. The van der Waals surface area contributed by atoms with E-state index in [-0.39, 0.29) is 5.78 Å². The number of hydrogen-bond donors (Lipinski definition) is 2. The first-order valence-corrected chi connectivity index (χ1v) is 7.03. The third kappa shape index (κ3) is 2.12. The highest BCUT2D eigenvalue weighted by atomic mass is 79.9. The first-order chi connectivity index (χ1) is 9.56. The molecule has 3 aromatic rings. The first kappa shape index (κ1) is 12.9. The highest BCUT2D eigenvalue weighted by molar-refractivity contribution is 9.10. The molecule has 20 heavy (non-hydrogen) atoms. The van der Waals surface area contributed by atoms with Crippen LogP contribution in [0.1, 0.15) is 21.5 Å². The number of hydrogen-bond acceptors (Lipinski definition) is 2. The molecule has 3 nitrogen and oxygen atoms in total. The van der Waals surface area contributed by atoms with Gasteiger partial charge in [-0.25, -0.2) is 0 Å². The molecule has 1 aromatic heterocycles. The molecule has 0 bridgehead atoms. The number of carbonyl (C=O) groups excluding carboxylic acids is 1. The Hall–Kier alpha value is -2.07. The summed E-state index contributed by atoms with van der Waals surface area (Å²) in [5.74, 6) is 0.00155. The lowest BCUT2D eigenvalue weighted by Crippen LogP contribution is -2.02. The van der Waals surface area contributed by atoms with Crippen molar-refractivity contribution in [2.75, 3.05) is 5.73 Å². The Balaban J connectivity index is 2.10. The summed E-state index contributed by atoms with van der Waals surface area (Å²) in [6.07, 6.45) is 1.76. The number of aromatic nitrogens is 1. The van der Waals surface area contributed by atoms with E-state index in [1.165, 1.54) is 0 Å². The SMILES string of the molecule is Cc1cc(C(=O)c2c[nH]c3cc(Br)ccc23)ccc1N. The molecule has 0 atom stereocenters. The summed E-state index contributed by atoms with van der Waals surface area (Å²) >= 11 is 3.42. The van der Waals surface area contributed by atoms with E-state index in [0.29, 0.717) is 16.8 Å². The number of nitrogen functional groups attached to an aromatic ring is 1. The van der Waals surface area contributed by atoms with Crippen LogP contribution in [0, 0.1) is 6.92 Å². The number of aryl methyl sites for hydroxylation is 1. The van der Waals surface area contributed by atoms with E-state index < -0.39 is 0 Å². The molecule has 0 aliphatic heterocycles. The summed E-state index contributed by atoms with van der Waals surface area (Å²) in [7, 11) is 0. The number of carbonyl (C=O) groups is 1. The quantitative estimate of drug-likeness (QED) is 0.550. The fourth-order valence-electron chi connectivity index (χ4n) is 2.26. The van der Waals surface area contributed by atoms with Crippen molar-refractivity contribution < 1.29 is 4.79 Å². The Morgan fingerprint density at radius 1 is 1.20 bits per heavy atom. The summed E-state index contributed by atoms with van der Waals surface area (Å²) in [6, 6.07) is 11.2. The van der Waals surface area contributed by atoms with Crippen molar-refractivity contribution in [1.82, 2.24) is 4.98 Å². The number of aromatic amines is 1. The van der Waals surface area contributed by atoms with Crippen molar-refractivity contribution in [2.45, 2.75) is 6.92 Å². The Kier molecular flexibility index (Phi) is 3.10. The normalized spacial score (nSPS) is 10.9. The number of nitrogens with one attached hydrogen (secondary N) is 1. The molecule has 3 rings (SSSR count). The largest absolute Gasteiger partial charge is 0.399 e. The van der Waals surface area contributed by atoms with Crippen molar-refractivity contribution in [2.24, 2.45) is 0 Å². The van der Waals surface area contributed by atoms with Crippen LogP contribution in [-0.4, -0.2) is 10.8 Å². The van der Waals surface area contributed by atoms with Gasteiger partial charge in [0.2, 0.25) is 0 Å². The molecule has 100 valence electrons. The second-order valence-corrected chi connectivity index (χ2v) is 5.71. The van der Waals surface area contributed by atoms with Gasteiger partial charge in [-0.1, -0.05) is 22.0 Å². The predicted octanol–water partition coefficient (Wildman–Crippen LogP) is 4.05. The lowest BCUT2D eigenvalue weighted by molar-refractivity contribution is 0.104. The molecule has 0 radical (unpaired) electrons. The summed E-state index contributed by atoms with van der Waals surface area (Å²) in [5.41, 5.74) is 9.68. The van der Waals surface area contributed by atoms with Gasteiger partial charge in [0.1, 0.15) is 0 Å². The first-order valence-electron chi connectivity index (χ1n) is 6.24. The maximum absolute atomic E-state index is 12.6. The molecule has 0 amide bonds. The number of halogens is 1. The van der Waals surface area contributed by atoms with E-state index >= 15 is 0 Å². The third-order valence-corrected chi connectivity index (χ3v) is 3.91. The van der Waals surface area contributed by atoms with Crippen LogP contribution in [0.2, 0.25) is 0 Å². The average molecular weight is 329 g/mol. The molecule has 3 N–H and O–H groups in total. The van der Waals surface area contributed by atoms with Gasteiger partial charge in [-0.05, 0) is 42.8 Å². The predicted molar refractivity (Wildman–Crippen MR) is 85.0 cm³/mol. The molecule has 0 unspecified atom stereocenters. The Morgan fingerprint density at radius 2 is 2.00 bits per heavy atom.